The Labute approximate surface area is 81.2 Å². The maximum atomic E-state index is 5.08. The zero-order valence-electron chi connectivity index (χ0n) is 8.88. The van der Waals surface area contributed by atoms with Gasteiger partial charge in [-0.1, -0.05) is 13.8 Å². The molecular formula is C10H22N2O. The SMILES string of the molecule is CC(C)(CCN1CCCC1)CON. The zero-order valence-corrected chi connectivity index (χ0v) is 8.88. The Morgan fingerprint density at radius 1 is 1.31 bits per heavy atom. The predicted octanol–water partition coefficient (Wildman–Crippen LogP) is 1.39. The Hall–Kier alpha value is -0.120. The number of hydrogen-bond acceptors (Lipinski definition) is 3. The van der Waals surface area contributed by atoms with Gasteiger partial charge in [-0.15, -0.1) is 0 Å². The molecular weight excluding hydrogens is 164 g/mol. The van der Waals surface area contributed by atoms with Gasteiger partial charge in [0, 0.05) is 0 Å². The highest BCUT2D eigenvalue weighted by Gasteiger charge is 2.20. The summed E-state index contributed by atoms with van der Waals surface area (Å²) < 4.78 is 0. The van der Waals surface area contributed by atoms with Crippen molar-refractivity contribution < 1.29 is 4.84 Å². The fourth-order valence-corrected chi connectivity index (χ4v) is 1.76. The monoisotopic (exact) mass is 186 g/mol. The predicted molar refractivity (Wildman–Crippen MR) is 54.2 cm³/mol. The van der Waals surface area contributed by atoms with Gasteiger partial charge in [-0.2, -0.15) is 0 Å². The van der Waals surface area contributed by atoms with Crippen molar-refractivity contribution in [3.8, 4) is 0 Å². The second kappa shape index (κ2) is 4.94. The smallest absolute Gasteiger partial charge is 0.0730 e. The molecule has 2 N–H and O–H groups in total. The van der Waals surface area contributed by atoms with Gasteiger partial charge in [0.25, 0.3) is 0 Å². The topological polar surface area (TPSA) is 38.5 Å². The average molecular weight is 186 g/mol. The number of nitrogens with zero attached hydrogens (tertiary/aromatic N) is 1. The van der Waals surface area contributed by atoms with E-state index in [9.17, 15) is 0 Å². The van der Waals surface area contributed by atoms with Crippen molar-refractivity contribution in [1.29, 1.82) is 0 Å². The molecule has 0 radical (unpaired) electrons. The first kappa shape index (κ1) is 11.0. The molecule has 1 heterocycles. The number of rotatable bonds is 5. The van der Waals surface area contributed by atoms with E-state index in [0.717, 1.165) is 0 Å². The molecule has 0 aliphatic carbocycles. The third-order valence-electron chi connectivity index (χ3n) is 2.78. The molecule has 0 aromatic heterocycles. The highest BCUT2D eigenvalue weighted by atomic mass is 16.6. The molecule has 0 saturated carbocycles. The summed E-state index contributed by atoms with van der Waals surface area (Å²) in [6.45, 7) is 8.81. The Bertz CT molecular complexity index is 142. The highest BCUT2D eigenvalue weighted by molar-refractivity contribution is 4.73. The maximum Gasteiger partial charge on any atom is 0.0730 e. The third-order valence-corrected chi connectivity index (χ3v) is 2.78. The zero-order chi connectivity index (χ0) is 9.73. The Kier molecular flexibility index (Phi) is 4.16. The molecule has 3 nitrogen and oxygen atoms in total. The molecule has 1 fully saturated rings. The van der Waals surface area contributed by atoms with Crippen LogP contribution in [0.1, 0.15) is 33.1 Å². The summed E-state index contributed by atoms with van der Waals surface area (Å²) in [7, 11) is 0. The molecule has 0 spiro atoms. The van der Waals surface area contributed by atoms with Gasteiger partial charge in [-0.05, 0) is 44.3 Å². The van der Waals surface area contributed by atoms with Crippen LogP contribution in [0.2, 0.25) is 0 Å². The molecule has 0 bridgehead atoms. The van der Waals surface area contributed by atoms with Crippen LogP contribution in [0, 0.1) is 5.41 Å². The number of likely N-dealkylation sites (tertiary alicyclic amines) is 1. The molecule has 0 amide bonds. The van der Waals surface area contributed by atoms with E-state index < -0.39 is 0 Å². The van der Waals surface area contributed by atoms with Gasteiger partial charge in [0.2, 0.25) is 0 Å². The maximum absolute atomic E-state index is 5.08. The van der Waals surface area contributed by atoms with Gasteiger partial charge in [0.1, 0.15) is 0 Å². The van der Waals surface area contributed by atoms with Crippen molar-refractivity contribution in [1.82, 2.24) is 4.90 Å². The van der Waals surface area contributed by atoms with Crippen LogP contribution in [0.4, 0.5) is 0 Å². The van der Waals surface area contributed by atoms with Gasteiger partial charge in [-0.3, -0.25) is 0 Å². The molecule has 13 heavy (non-hydrogen) atoms. The van der Waals surface area contributed by atoms with E-state index >= 15 is 0 Å². The normalized spacial score (nSPS) is 19.6. The van der Waals surface area contributed by atoms with Crippen molar-refractivity contribution in [3.63, 3.8) is 0 Å². The first-order valence-corrected chi connectivity index (χ1v) is 5.18. The lowest BCUT2D eigenvalue weighted by atomic mass is 9.90. The van der Waals surface area contributed by atoms with Crippen LogP contribution in [-0.2, 0) is 4.84 Å². The van der Waals surface area contributed by atoms with Gasteiger partial charge in [0.05, 0.1) is 6.61 Å². The van der Waals surface area contributed by atoms with Crippen molar-refractivity contribution in [2.24, 2.45) is 11.3 Å². The van der Waals surface area contributed by atoms with Crippen molar-refractivity contribution >= 4 is 0 Å². The first-order valence-electron chi connectivity index (χ1n) is 5.18. The summed E-state index contributed by atoms with van der Waals surface area (Å²) in [6, 6.07) is 0. The van der Waals surface area contributed by atoms with E-state index in [-0.39, 0.29) is 5.41 Å². The minimum atomic E-state index is 0.220. The van der Waals surface area contributed by atoms with Gasteiger partial charge in [0.15, 0.2) is 0 Å². The summed E-state index contributed by atoms with van der Waals surface area (Å²) in [5.74, 6) is 5.08. The molecule has 1 aliphatic rings. The fraction of sp³-hybridized carbons (Fsp3) is 1.00. The van der Waals surface area contributed by atoms with Crippen molar-refractivity contribution in [2.75, 3.05) is 26.2 Å². The highest BCUT2D eigenvalue weighted by Crippen LogP contribution is 2.21. The van der Waals surface area contributed by atoms with E-state index in [1.807, 2.05) is 0 Å². The fourth-order valence-electron chi connectivity index (χ4n) is 1.76. The molecule has 0 aromatic carbocycles. The average Bonchev–Trinajstić information content (AvgIpc) is 2.52. The van der Waals surface area contributed by atoms with Crippen LogP contribution in [0.5, 0.6) is 0 Å². The lowest BCUT2D eigenvalue weighted by Crippen LogP contribution is -2.29. The summed E-state index contributed by atoms with van der Waals surface area (Å²) >= 11 is 0. The Morgan fingerprint density at radius 2 is 1.92 bits per heavy atom. The number of hydrogen-bond donors (Lipinski definition) is 1. The van der Waals surface area contributed by atoms with Crippen LogP contribution < -0.4 is 5.90 Å². The van der Waals surface area contributed by atoms with E-state index in [4.69, 9.17) is 10.7 Å². The lowest BCUT2D eigenvalue weighted by Gasteiger charge is -2.25. The van der Waals surface area contributed by atoms with E-state index in [1.165, 1.54) is 38.9 Å². The van der Waals surface area contributed by atoms with Crippen LogP contribution in [-0.4, -0.2) is 31.1 Å². The summed E-state index contributed by atoms with van der Waals surface area (Å²) in [6.07, 6.45) is 3.91. The van der Waals surface area contributed by atoms with Gasteiger partial charge in [-0.25, -0.2) is 5.90 Å². The molecule has 78 valence electrons. The molecule has 1 rings (SSSR count). The quantitative estimate of drug-likeness (QED) is 0.659. The van der Waals surface area contributed by atoms with Crippen LogP contribution in [0.15, 0.2) is 0 Å². The van der Waals surface area contributed by atoms with Crippen LogP contribution in [0.25, 0.3) is 0 Å². The van der Waals surface area contributed by atoms with Crippen LogP contribution in [0.3, 0.4) is 0 Å². The minimum absolute atomic E-state index is 0.220. The van der Waals surface area contributed by atoms with Gasteiger partial charge < -0.3 is 9.74 Å². The Balaban J connectivity index is 2.15. The second-order valence-corrected chi connectivity index (χ2v) is 4.77. The molecule has 0 atom stereocenters. The van der Waals surface area contributed by atoms with Crippen molar-refractivity contribution in [3.05, 3.63) is 0 Å². The van der Waals surface area contributed by atoms with E-state index in [2.05, 4.69) is 18.7 Å². The first-order chi connectivity index (χ1) is 6.14. The van der Waals surface area contributed by atoms with Gasteiger partial charge >= 0.3 is 0 Å². The Morgan fingerprint density at radius 3 is 2.46 bits per heavy atom. The molecule has 1 saturated heterocycles. The standard InChI is InChI=1S/C10H22N2O/c1-10(2,9-13-11)5-8-12-6-3-4-7-12/h3-9,11H2,1-2H3. The van der Waals surface area contributed by atoms with Crippen molar-refractivity contribution in [2.45, 2.75) is 33.1 Å². The summed E-state index contributed by atoms with van der Waals surface area (Å²) in [4.78, 5) is 7.23. The number of nitrogens with two attached hydrogens (primary N) is 1. The van der Waals surface area contributed by atoms with E-state index in [1.54, 1.807) is 0 Å². The molecule has 0 aromatic rings. The van der Waals surface area contributed by atoms with Crippen LogP contribution >= 0.6 is 0 Å². The summed E-state index contributed by atoms with van der Waals surface area (Å²) in [5, 5.41) is 0. The second-order valence-electron chi connectivity index (χ2n) is 4.77. The third kappa shape index (κ3) is 4.07. The molecule has 0 unspecified atom stereocenters. The molecule has 3 heteroatoms. The summed E-state index contributed by atoms with van der Waals surface area (Å²) in [5.41, 5.74) is 0.220. The van der Waals surface area contributed by atoms with E-state index in [0.29, 0.717) is 6.61 Å². The molecule has 1 aliphatic heterocycles. The minimum Gasteiger partial charge on any atom is -0.304 e. The lowest BCUT2D eigenvalue weighted by molar-refractivity contribution is 0.0530. The largest absolute Gasteiger partial charge is 0.304 e.